The zero-order chi connectivity index (χ0) is 21.1. The normalized spacial score (nSPS) is 13.8. The molecule has 0 saturated heterocycles. The Kier molecular flexibility index (Phi) is 14.8. The number of hydrogen-bond donors (Lipinski definition) is 2. The Morgan fingerprint density at radius 1 is 0.556 bits per heavy atom. The average molecular weight is 420 g/mol. The zero-order valence-electron chi connectivity index (χ0n) is 19.3. The van der Waals surface area contributed by atoms with Gasteiger partial charge in [0.25, 0.3) is 0 Å². The minimum absolute atomic E-state index is 0. The molecule has 0 aromatic rings. The number of nitrogens with one attached hydrogen (secondary N) is 2. The van der Waals surface area contributed by atoms with E-state index >= 15 is 0 Å². The summed E-state index contributed by atoms with van der Waals surface area (Å²) < 4.78 is 0. The molecule has 0 heterocycles. The first kappa shape index (κ1) is 30.5. The smallest absolute Gasteiger partial charge is 0.418 e. The van der Waals surface area contributed by atoms with Crippen molar-refractivity contribution < 1.29 is 17.1 Å². The molecule has 0 atom stereocenters. The van der Waals surface area contributed by atoms with Crippen LogP contribution in [0.25, 0.3) is 0 Å². The van der Waals surface area contributed by atoms with E-state index in [1.807, 2.05) is 41.5 Å². The van der Waals surface area contributed by atoms with Crippen LogP contribution in [0, 0.1) is 12.4 Å². The summed E-state index contributed by atoms with van der Waals surface area (Å²) in [6.45, 7) is 24.4. The van der Waals surface area contributed by atoms with E-state index in [0.29, 0.717) is 0 Å². The first-order valence-corrected chi connectivity index (χ1v) is 8.95. The fraction of sp³-hybridized carbons (Fsp3) is 0.800. The molecule has 0 saturated carbocycles. The maximum atomic E-state index is 4.02. The Hall–Kier alpha value is -1.20. The Morgan fingerprint density at radius 3 is 1.00 bits per heavy atom. The van der Waals surface area contributed by atoms with Crippen LogP contribution in [0.15, 0.2) is 32.9 Å². The molecule has 0 amide bonds. The summed E-state index contributed by atoms with van der Waals surface area (Å²) in [7, 11) is 0. The summed E-state index contributed by atoms with van der Waals surface area (Å²) in [4.78, 5) is 0. The third-order valence-electron chi connectivity index (χ3n) is 1.95. The Bertz CT molecular complexity index is 435. The van der Waals surface area contributed by atoms with Crippen LogP contribution in [-0.4, -0.2) is 22.2 Å². The van der Waals surface area contributed by atoms with Crippen molar-refractivity contribution >= 4 is 0 Å². The maximum absolute atomic E-state index is 4.02. The summed E-state index contributed by atoms with van der Waals surface area (Å²) in [5.41, 5.74) is -0.125. The summed E-state index contributed by atoms with van der Waals surface area (Å²) in [5, 5.41) is 21.9. The minimum Gasteiger partial charge on any atom is -0.418 e. The van der Waals surface area contributed by atoms with Crippen LogP contribution < -0.4 is 10.6 Å². The topological polar surface area (TPSA) is 73.5 Å². The van der Waals surface area contributed by atoms with Gasteiger partial charge in [0.15, 0.2) is 0 Å². The van der Waals surface area contributed by atoms with Gasteiger partial charge in [0.05, 0.1) is 11.1 Å². The van der Waals surface area contributed by atoms with E-state index in [0.717, 1.165) is 0 Å². The number of hydrogen-bond acceptors (Lipinski definition) is 6. The second kappa shape index (κ2) is 13.1. The second-order valence-corrected chi connectivity index (χ2v) is 10.1. The first-order chi connectivity index (χ1) is 11.4. The van der Waals surface area contributed by atoms with E-state index in [9.17, 15) is 0 Å². The molecule has 7 heteroatoms. The Morgan fingerprint density at radius 2 is 0.815 bits per heavy atom. The predicted molar refractivity (Wildman–Crippen MR) is 111 cm³/mol. The van der Waals surface area contributed by atoms with E-state index in [-0.39, 0.29) is 39.2 Å². The largest absolute Gasteiger partial charge is 2.00 e. The molecule has 158 valence electrons. The van der Waals surface area contributed by atoms with Gasteiger partial charge in [0.1, 0.15) is 0 Å². The van der Waals surface area contributed by atoms with Crippen molar-refractivity contribution in [2.24, 2.45) is 20.5 Å². The van der Waals surface area contributed by atoms with Gasteiger partial charge in [-0.25, -0.2) is 10.2 Å². The molecule has 0 aromatic heterocycles. The van der Waals surface area contributed by atoms with Crippen molar-refractivity contribution in [3.63, 3.8) is 0 Å². The average Bonchev–Trinajstić information content (AvgIpc) is 2.33. The molecular formula is C20H40FeN6. The molecule has 0 aliphatic rings. The van der Waals surface area contributed by atoms with Gasteiger partial charge in [0, 0.05) is 11.1 Å². The molecule has 6 nitrogen and oxygen atoms in total. The van der Waals surface area contributed by atoms with E-state index < -0.39 is 0 Å². The van der Waals surface area contributed by atoms with Gasteiger partial charge in [-0.1, -0.05) is 0 Å². The predicted octanol–water partition coefficient (Wildman–Crippen LogP) is 5.80. The Labute approximate surface area is 178 Å². The van der Waals surface area contributed by atoms with Gasteiger partial charge in [-0.3, -0.25) is 0 Å². The molecule has 0 rings (SSSR count). The number of rotatable bonds is 4. The summed E-state index contributed by atoms with van der Waals surface area (Å²) >= 11 is 0. The van der Waals surface area contributed by atoms with Crippen molar-refractivity contribution in [3.05, 3.63) is 24.8 Å². The Balaban J connectivity index is -0.000000411. The van der Waals surface area contributed by atoms with Gasteiger partial charge in [-0.15, -0.1) is 0 Å². The van der Waals surface area contributed by atoms with Gasteiger partial charge in [-0.2, -0.15) is 12.4 Å². The van der Waals surface area contributed by atoms with Gasteiger partial charge >= 0.3 is 17.1 Å². The van der Waals surface area contributed by atoms with E-state index in [4.69, 9.17) is 0 Å². The number of azo groups is 2. The standard InChI is InChI=1S/2C10H20N3.Fe/c2*1-9(2,3)11-7-8-12-13-10(4,5)6;/h2*7,11H,1-6H3;/q2*-1;+2. The van der Waals surface area contributed by atoms with Crippen LogP contribution in [0.3, 0.4) is 0 Å². The fourth-order valence-corrected chi connectivity index (χ4v) is 0.913. The molecule has 0 aliphatic heterocycles. The quantitative estimate of drug-likeness (QED) is 0.343. The van der Waals surface area contributed by atoms with Gasteiger partial charge in [-0.05, 0) is 83.1 Å². The molecule has 0 radical (unpaired) electrons. The third kappa shape index (κ3) is 36.5. The SMILES string of the molecule is CC(C)(C)N=N[C-]=CNC(C)(C)C.CC(C)(C)N=N[C-]=CNC(C)(C)C.[Fe+2]. The van der Waals surface area contributed by atoms with Crippen molar-refractivity contribution in [3.8, 4) is 0 Å². The van der Waals surface area contributed by atoms with Crippen LogP contribution in [0.5, 0.6) is 0 Å². The minimum atomic E-state index is -0.122. The molecule has 27 heavy (non-hydrogen) atoms. The van der Waals surface area contributed by atoms with Gasteiger partial charge in [0.2, 0.25) is 0 Å². The van der Waals surface area contributed by atoms with Crippen LogP contribution >= 0.6 is 0 Å². The van der Waals surface area contributed by atoms with Crippen LogP contribution in [0.1, 0.15) is 83.1 Å². The molecule has 2 N–H and O–H groups in total. The van der Waals surface area contributed by atoms with Crippen LogP contribution in [-0.2, 0) is 17.1 Å². The molecule has 0 spiro atoms. The van der Waals surface area contributed by atoms with E-state index in [2.05, 4.69) is 85.0 Å². The zero-order valence-corrected chi connectivity index (χ0v) is 20.4. The molecular weight excluding hydrogens is 380 g/mol. The van der Waals surface area contributed by atoms with E-state index in [1.165, 1.54) is 0 Å². The van der Waals surface area contributed by atoms with Crippen molar-refractivity contribution in [2.45, 2.75) is 105 Å². The molecule has 0 aliphatic carbocycles. The summed E-state index contributed by atoms with van der Waals surface area (Å²) in [5.74, 6) is 0. The van der Waals surface area contributed by atoms with E-state index in [1.54, 1.807) is 12.4 Å². The molecule has 0 bridgehead atoms. The maximum Gasteiger partial charge on any atom is 2.00 e. The molecule has 0 fully saturated rings. The second-order valence-electron chi connectivity index (χ2n) is 10.1. The van der Waals surface area contributed by atoms with Crippen molar-refractivity contribution in [1.29, 1.82) is 0 Å². The van der Waals surface area contributed by atoms with Gasteiger partial charge < -0.3 is 33.3 Å². The van der Waals surface area contributed by atoms with Crippen molar-refractivity contribution in [1.82, 2.24) is 10.6 Å². The van der Waals surface area contributed by atoms with Crippen molar-refractivity contribution in [2.75, 3.05) is 0 Å². The molecule has 0 aromatic carbocycles. The molecule has 0 unspecified atom stereocenters. The monoisotopic (exact) mass is 420 g/mol. The first-order valence-electron chi connectivity index (χ1n) is 8.95. The summed E-state index contributed by atoms with van der Waals surface area (Å²) in [6, 6.07) is 0. The number of nitrogens with zero attached hydrogens (tertiary/aromatic N) is 4. The third-order valence-corrected chi connectivity index (χ3v) is 1.95. The summed E-state index contributed by atoms with van der Waals surface area (Å²) in [6.07, 6.45) is 8.82. The van der Waals surface area contributed by atoms with Crippen LogP contribution in [0.2, 0.25) is 0 Å². The fourth-order valence-electron chi connectivity index (χ4n) is 0.913. The van der Waals surface area contributed by atoms with Crippen LogP contribution in [0.4, 0.5) is 0 Å².